The van der Waals surface area contributed by atoms with Crippen molar-refractivity contribution in [2.75, 3.05) is 44.2 Å². The molecule has 1 N–H and O–H groups in total. The van der Waals surface area contributed by atoms with E-state index in [0.29, 0.717) is 38.2 Å². The maximum absolute atomic E-state index is 13.4. The Morgan fingerprint density at radius 1 is 1.07 bits per heavy atom. The fourth-order valence-corrected chi connectivity index (χ4v) is 3.91. The van der Waals surface area contributed by atoms with E-state index in [1.165, 1.54) is 17.0 Å². The Morgan fingerprint density at radius 3 is 2.43 bits per heavy atom. The van der Waals surface area contributed by atoms with Gasteiger partial charge in [-0.1, -0.05) is 0 Å². The van der Waals surface area contributed by atoms with Crippen LogP contribution in [0.1, 0.15) is 19.3 Å². The van der Waals surface area contributed by atoms with Crippen LogP contribution in [0.25, 0.3) is 0 Å². The van der Waals surface area contributed by atoms with E-state index in [0.717, 1.165) is 12.5 Å². The fourth-order valence-electron chi connectivity index (χ4n) is 3.91. The molecule has 1 amide bonds. The Kier molecular flexibility index (Phi) is 6.42. The summed E-state index contributed by atoms with van der Waals surface area (Å²) in [6.45, 7) is 1.41. The van der Waals surface area contributed by atoms with Gasteiger partial charge in [-0.15, -0.1) is 0 Å². The molecule has 0 bridgehead atoms. The van der Waals surface area contributed by atoms with Crippen LogP contribution in [0.15, 0.2) is 18.2 Å². The van der Waals surface area contributed by atoms with Crippen molar-refractivity contribution in [3.05, 3.63) is 29.8 Å². The van der Waals surface area contributed by atoms with Gasteiger partial charge in [0.05, 0.1) is 6.54 Å². The molecular weight excluding hydrogens is 381 g/mol. The minimum absolute atomic E-state index is 0.113. The van der Waals surface area contributed by atoms with Crippen molar-refractivity contribution in [2.24, 2.45) is 11.8 Å². The molecule has 0 radical (unpaired) electrons. The van der Waals surface area contributed by atoms with Gasteiger partial charge in [-0.05, 0) is 50.4 Å². The van der Waals surface area contributed by atoms with Gasteiger partial charge in [0.1, 0.15) is 0 Å². The number of carbonyl (C=O) groups is 1. The first kappa shape index (κ1) is 20.8. The van der Waals surface area contributed by atoms with Gasteiger partial charge in [0.15, 0.2) is 11.6 Å². The number of hydrogen-bond donors (Lipinski definition) is 1. The largest absolute Gasteiger partial charge is 0.401 e. The van der Waals surface area contributed by atoms with Crippen molar-refractivity contribution in [3.8, 4) is 0 Å². The molecule has 0 spiro atoms. The Labute approximate surface area is 160 Å². The van der Waals surface area contributed by atoms with Crippen LogP contribution in [0.3, 0.4) is 0 Å². The Hall–Kier alpha value is -1.90. The van der Waals surface area contributed by atoms with Crippen molar-refractivity contribution in [3.63, 3.8) is 0 Å². The number of nitrogens with one attached hydrogen (secondary N) is 1. The van der Waals surface area contributed by atoms with Gasteiger partial charge in [0, 0.05) is 37.3 Å². The van der Waals surface area contributed by atoms with Gasteiger partial charge in [0.2, 0.25) is 5.91 Å². The summed E-state index contributed by atoms with van der Waals surface area (Å²) in [5.74, 6) is -1.94. The quantitative estimate of drug-likeness (QED) is 0.765. The van der Waals surface area contributed by atoms with E-state index in [4.69, 9.17) is 0 Å². The summed E-state index contributed by atoms with van der Waals surface area (Å²) in [7, 11) is 0. The van der Waals surface area contributed by atoms with Crippen molar-refractivity contribution >= 4 is 11.6 Å². The zero-order valence-corrected chi connectivity index (χ0v) is 15.4. The highest BCUT2D eigenvalue weighted by Crippen LogP contribution is 2.26. The molecule has 2 saturated heterocycles. The lowest BCUT2D eigenvalue weighted by Crippen LogP contribution is -2.44. The minimum Gasteiger partial charge on any atom is -0.371 e. The molecule has 1 aromatic rings. The first-order valence-corrected chi connectivity index (χ1v) is 9.48. The van der Waals surface area contributed by atoms with Gasteiger partial charge in [-0.2, -0.15) is 13.2 Å². The Bertz CT molecular complexity index is 689. The van der Waals surface area contributed by atoms with E-state index in [1.54, 1.807) is 0 Å². The normalized spacial score (nSPS) is 21.9. The van der Waals surface area contributed by atoms with Gasteiger partial charge < -0.3 is 10.2 Å². The summed E-state index contributed by atoms with van der Waals surface area (Å²) < 4.78 is 63.7. The monoisotopic (exact) mass is 405 g/mol. The average molecular weight is 405 g/mol. The van der Waals surface area contributed by atoms with Crippen molar-refractivity contribution in [1.82, 2.24) is 10.2 Å². The topological polar surface area (TPSA) is 35.6 Å². The molecule has 1 aromatic carbocycles. The second-order valence-corrected chi connectivity index (χ2v) is 7.61. The molecule has 0 aromatic heterocycles. The van der Waals surface area contributed by atoms with E-state index < -0.39 is 24.4 Å². The predicted octanol–water partition coefficient (Wildman–Crippen LogP) is 3.18. The van der Waals surface area contributed by atoms with Crippen LogP contribution in [0.5, 0.6) is 0 Å². The fraction of sp³-hybridized carbons (Fsp3) is 0.632. The van der Waals surface area contributed by atoms with Crippen LogP contribution in [0, 0.1) is 23.5 Å². The lowest BCUT2D eigenvalue weighted by molar-refractivity contribution is -0.149. The molecule has 1 atom stereocenters. The van der Waals surface area contributed by atoms with E-state index in [2.05, 4.69) is 5.32 Å². The summed E-state index contributed by atoms with van der Waals surface area (Å²) in [5, 5.41) is 2.91. The van der Waals surface area contributed by atoms with Gasteiger partial charge >= 0.3 is 6.18 Å². The smallest absolute Gasteiger partial charge is 0.371 e. The van der Waals surface area contributed by atoms with E-state index in [-0.39, 0.29) is 30.8 Å². The minimum atomic E-state index is -4.21. The zero-order valence-electron chi connectivity index (χ0n) is 15.4. The molecule has 4 nitrogen and oxygen atoms in total. The highest BCUT2D eigenvalue weighted by atomic mass is 19.4. The third-order valence-corrected chi connectivity index (χ3v) is 5.48. The molecule has 3 rings (SSSR count). The highest BCUT2D eigenvalue weighted by molar-refractivity contribution is 5.78. The molecule has 0 saturated carbocycles. The predicted molar refractivity (Wildman–Crippen MR) is 94.9 cm³/mol. The molecular formula is C19H24F5N3O. The first-order valence-electron chi connectivity index (χ1n) is 9.48. The average Bonchev–Trinajstić information content (AvgIpc) is 3.10. The van der Waals surface area contributed by atoms with E-state index >= 15 is 0 Å². The number of carbonyl (C=O) groups excluding carboxylic acids is 1. The van der Waals surface area contributed by atoms with Gasteiger partial charge in [0.25, 0.3) is 0 Å². The van der Waals surface area contributed by atoms with Gasteiger partial charge in [-0.25, -0.2) is 8.78 Å². The van der Waals surface area contributed by atoms with Crippen LogP contribution < -0.4 is 10.2 Å². The molecule has 28 heavy (non-hydrogen) atoms. The molecule has 0 unspecified atom stereocenters. The number of hydrogen-bond acceptors (Lipinski definition) is 3. The van der Waals surface area contributed by atoms with Crippen LogP contribution in [0.2, 0.25) is 0 Å². The summed E-state index contributed by atoms with van der Waals surface area (Å²) in [6.07, 6.45) is -2.54. The summed E-state index contributed by atoms with van der Waals surface area (Å²) in [4.78, 5) is 15.6. The summed E-state index contributed by atoms with van der Waals surface area (Å²) in [6, 6.07) is 3.81. The summed E-state index contributed by atoms with van der Waals surface area (Å²) >= 11 is 0. The first-order chi connectivity index (χ1) is 13.2. The van der Waals surface area contributed by atoms with E-state index in [1.807, 2.05) is 4.90 Å². The standard InChI is InChI=1S/C19H24F5N3O/c20-16-2-1-15(9-17(16)21)27-8-3-13(11-27)10-25-18(28)14-4-6-26(7-5-14)12-19(22,23)24/h1-2,9,13-14H,3-8,10-12H2,(H,25,28)/t13-/m0/s1. The van der Waals surface area contributed by atoms with Gasteiger partial charge in [-0.3, -0.25) is 9.69 Å². The third kappa shape index (κ3) is 5.56. The second kappa shape index (κ2) is 8.63. The number of piperidine rings is 1. The molecule has 156 valence electrons. The SMILES string of the molecule is O=C(NC[C@@H]1CCN(c2ccc(F)c(F)c2)C1)C1CCN(CC(F)(F)F)CC1. The van der Waals surface area contributed by atoms with Crippen LogP contribution in [-0.2, 0) is 4.79 Å². The maximum atomic E-state index is 13.4. The van der Waals surface area contributed by atoms with Crippen molar-refractivity contribution in [2.45, 2.75) is 25.4 Å². The second-order valence-electron chi connectivity index (χ2n) is 7.61. The number of likely N-dealkylation sites (tertiary alicyclic amines) is 1. The zero-order chi connectivity index (χ0) is 20.3. The number of anilines is 1. The number of alkyl halides is 3. The molecule has 0 aliphatic carbocycles. The van der Waals surface area contributed by atoms with E-state index in [9.17, 15) is 26.7 Å². The molecule has 2 aliphatic heterocycles. The number of nitrogens with zero attached hydrogens (tertiary/aromatic N) is 2. The Balaban J connectivity index is 1.40. The number of amides is 1. The van der Waals surface area contributed by atoms with Crippen molar-refractivity contribution in [1.29, 1.82) is 0 Å². The molecule has 9 heteroatoms. The summed E-state index contributed by atoms with van der Waals surface area (Å²) in [5.41, 5.74) is 0.616. The third-order valence-electron chi connectivity index (χ3n) is 5.48. The van der Waals surface area contributed by atoms with Crippen LogP contribution >= 0.6 is 0 Å². The number of rotatable bonds is 5. The number of halogens is 5. The van der Waals surface area contributed by atoms with Crippen molar-refractivity contribution < 1.29 is 26.7 Å². The highest BCUT2D eigenvalue weighted by Gasteiger charge is 2.34. The van der Waals surface area contributed by atoms with Crippen LogP contribution in [-0.4, -0.2) is 56.3 Å². The van der Waals surface area contributed by atoms with Crippen LogP contribution in [0.4, 0.5) is 27.6 Å². The lowest BCUT2D eigenvalue weighted by atomic mass is 9.95. The molecule has 2 aliphatic rings. The maximum Gasteiger partial charge on any atom is 0.401 e. The lowest BCUT2D eigenvalue weighted by Gasteiger charge is -2.31. The molecule has 2 heterocycles. The number of benzene rings is 1. The molecule has 2 fully saturated rings. The Morgan fingerprint density at radius 2 is 1.79 bits per heavy atom.